The first-order valence-corrected chi connectivity index (χ1v) is 7.28. The highest BCUT2D eigenvalue weighted by Gasteiger charge is 2.33. The average Bonchev–Trinajstić information content (AvgIpc) is 3.29. The van der Waals surface area contributed by atoms with Crippen molar-refractivity contribution in [2.24, 2.45) is 5.73 Å². The molecule has 1 atom stereocenters. The molecule has 2 N–H and O–H groups in total. The summed E-state index contributed by atoms with van der Waals surface area (Å²) in [6, 6.07) is 16.3. The lowest BCUT2D eigenvalue weighted by atomic mass is 9.97. The zero-order valence-electron chi connectivity index (χ0n) is 11.5. The van der Waals surface area contributed by atoms with E-state index in [1.807, 2.05) is 0 Å². The topological polar surface area (TPSA) is 29.3 Å². The number of hydrogen-bond donors (Lipinski definition) is 1. The second kappa shape index (κ2) is 5.32. The van der Waals surface area contributed by atoms with Crippen LogP contribution in [0.4, 0.5) is 0 Å². The van der Waals surface area contributed by atoms with Gasteiger partial charge in [-0.25, -0.2) is 0 Å². The maximum Gasteiger partial charge on any atom is 0.0479 e. The molecule has 1 aliphatic rings. The van der Waals surface area contributed by atoms with E-state index in [-0.39, 0.29) is 0 Å². The van der Waals surface area contributed by atoms with E-state index in [0.717, 1.165) is 12.6 Å². The molecular weight excluding hydrogens is 232 g/mol. The number of hydrogen-bond acceptors (Lipinski definition) is 2. The number of nitrogens with two attached hydrogens (primary N) is 1. The zero-order valence-corrected chi connectivity index (χ0v) is 11.5. The molecule has 100 valence electrons. The molecule has 2 aromatic carbocycles. The smallest absolute Gasteiger partial charge is 0.0479 e. The number of benzene rings is 2. The van der Waals surface area contributed by atoms with Crippen molar-refractivity contribution in [3.8, 4) is 0 Å². The van der Waals surface area contributed by atoms with Crippen LogP contribution in [0.5, 0.6) is 0 Å². The summed E-state index contributed by atoms with van der Waals surface area (Å²) in [5.74, 6) is 0. The molecule has 0 spiro atoms. The van der Waals surface area contributed by atoms with E-state index in [1.54, 1.807) is 0 Å². The summed E-state index contributed by atoms with van der Waals surface area (Å²) in [5, 5.41) is 2.66. The van der Waals surface area contributed by atoms with Crippen LogP contribution >= 0.6 is 0 Å². The van der Waals surface area contributed by atoms with Crippen LogP contribution in [0.15, 0.2) is 42.5 Å². The molecule has 0 aromatic heterocycles. The lowest BCUT2D eigenvalue weighted by Crippen LogP contribution is -2.35. The van der Waals surface area contributed by atoms with Crippen LogP contribution in [-0.2, 0) is 0 Å². The molecular formula is C17H22N2. The molecule has 0 heterocycles. The van der Waals surface area contributed by atoms with Gasteiger partial charge < -0.3 is 5.73 Å². The third-order valence-corrected chi connectivity index (χ3v) is 4.19. The molecule has 1 aliphatic carbocycles. The SMILES string of the molecule is CCN(C1CC1)C(CN)c1cccc2ccccc12. The molecule has 0 saturated heterocycles. The number of likely N-dealkylation sites (N-methyl/N-ethyl adjacent to an activating group) is 1. The van der Waals surface area contributed by atoms with Crippen LogP contribution in [0.1, 0.15) is 31.4 Å². The van der Waals surface area contributed by atoms with E-state index in [9.17, 15) is 0 Å². The number of nitrogens with zero attached hydrogens (tertiary/aromatic N) is 1. The summed E-state index contributed by atoms with van der Waals surface area (Å²) in [6.45, 7) is 4.01. The minimum absolute atomic E-state index is 0.351. The molecule has 1 fully saturated rings. The van der Waals surface area contributed by atoms with Gasteiger partial charge in [0, 0.05) is 18.6 Å². The lowest BCUT2D eigenvalue weighted by molar-refractivity contribution is 0.203. The fraction of sp³-hybridized carbons (Fsp3) is 0.412. The van der Waals surface area contributed by atoms with Crippen LogP contribution in [0, 0.1) is 0 Å². The Balaban J connectivity index is 2.05. The fourth-order valence-corrected chi connectivity index (χ4v) is 3.12. The molecule has 1 unspecified atom stereocenters. The Labute approximate surface area is 115 Å². The Hall–Kier alpha value is -1.38. The highest BCUT2D eigenvalue weighted by molar-refractivity contribution is 5.86. The van der Waals surface area contributed by atoms with Crippen LogP contribution in [-0.4, -0.2) is 24.0 Å². The molecule has 0 radical (unpaired) electrons. The Morgan fingerprint density at radius 1 is 1.16 bits per heavy atom. The second-order valence-electron chi connectivity index (χ2n) is 5.38. The third kappa shape index (κ3) is 2.38. The first kappa shape index (κ1) is 12.6. The Morgan fingerprint density at radius 3 is 2.58 bits per heavy atom. The van der Waals surface area contributed by atoms with E-state index < -0.39 is 0 Å². The van der Waals surface area contributed by atoms with Crippen LogP contribution in [0.2, 0.25) is 0 Å². The highest BCUT2D eigenvalue weighted by Crippen LogP contribution is 2.35. The van der Waals surface area contributed by atoms with Crippen molar-refractivity contribution in [2.75, 3.05) is 13.1 Å². The summed E-state index contributed by atoms with van der Waals surface area (Å²) in [5.41, 5.74) is 7.48. The molecule has 0 amide bonds. The van der Waals surface area contributed by atoms with E-state index in [1.165, 1.54) is 29.2 Å². The molecule has 0 bridgehead atoms. The van der Waals surface area contributed by atoms with Gasteiger partial charge in [-0.05, 0) is 35.7 Å². The van der Waals surface area contributed by atoms with Gasteiger partial charge in [0.1, 0.15) is 0 Å². The lowest BCUT2D eigenvalue weighted by Gasteiger charge is -2.31. The Bertz CT molecular complexity index is 555. The quantitative estimate of drug-likeness (QED) is 0.887. The molecule has 2 aromatic rings. The Kier molecular flexibility index (Phi) is 3.54. The molecule has 2 nitrogen and oxygen atoms in total. The standard InChI is InChI=1S/C17H22N2/c1-2-19(14-10-11-14)17(12-18)16-9-5-7-13-6-3-4-8-15(13)16/h3-9,14,17H,2,10-12,18H2,1H3. The van der Waals surface area contributed by atoms with Crippen molar-refractivity contribution in [2.45, 2.75) is 31.8 Å². The van der Waals surface area contributed by atoms with Crippen molar-refractivity contribution in [1.29, 1.82) is 0 Å². The van der Waals surface area contributed by atoms with Gasteiger partial charge in [0.25, 0.3) is 0 Å². The summed E-state index contributed by atoms with van der Waals surface area (Å²) in [7, 11) is 0. The minimum atomic E-state index is 0.351. The number of rotatable bonds is 5. The molecule has 1 saturated carbocycles. The summed E-state index contributed by atoms with van der Waals surface area (Å²) in [6.07, 6.45) is 2.66. The van der Waals surface area contributed by atoms with E-state index in [0.29, 0.717) is 12.6 Å². The van der Waals surface area contributed by atoms with Gasteiger partial charge in [0.05, 0.1) is 0 Å². The maximum atomic E-state index is 6.10. The van der Waals surface area contributed by atoms with Gasteiger partial charge in [0.15, 0.2) is 0 Å². The fourth-order valence-electron chi connectivity index (χ4n) is 3.12. The van der Waals surface area contributed by atoms with E-state index in [4.69, 9.17) is 5.73 Å². The minimum Gasteiger partial charge on any atom is -0.329 e. The van der Waals surface area contributed by atoms with Crippen LogP contribution in [0.3, 0.4) is 0 Å². The first-order valence-electron chi connectivity index (χ1n) is 7.28. The molecule has 19 heavy (non-hydrogen) atoms. The van der Waals surface area contributed by atoms with Gasteiger partial charge >= 0.3 is 0 Å². The van der Waals surface area contributed by atoms with Crippen molar-refractivity contribution in [3.05, 3.63) is 48.0 Å². The molecule has 3 rings (SSSR count). The Morgan fingerprint density at radius 2 is 1.89 bits per heavy atom. The highest BCUT2D eigenvalue weighted by atomic mass is 15.2. The molecule has 2 heteroatoms. The van der Waals surface area contributed by atoms with E-state index in [2.05, 4.69) is 54.3 Å². The van der Waals surface area contributed by atoms with Gasteiger partial charge in [-0.15, -0.1) is 0 Å². The zero-order chi connectivity index (χ0) is 13.2. The first-order chi connectivity index (χ1) is 9.35. The second-order valence-corrected chi connectivity index (χ2v) is 5.38. The van der Waals surface area contributed by atoms with Crippen molar-refractivity contribution < 1.29 is 0 Å². The predicted octanol–water partition coefficient (Wildman–Crippen LogP) is 3.32. The van der Waals surface area contributed by atoms with Crippen molar-refractivity contribution >= 4 is 10.8 Å². The van der Waals surface area contributed by atoms with Gasteiger partial charge in [-0.1, -0.05) is 49.4 Å². The van der Waals surface area contributed by atoms with Crippen LogP contribution in [0.25, 0.3) is 10.8 Å². The average molecular weight is 254 g/mol. The van der Waals surface area contributed by atoms with Crippen LogP contribution < -0.4 is 5.73 Å². The predicted molar refractivity (Wildman–Crippen MR) is 81.1 cm³/mol. The summed E-state index contributed by atoms with van der Waals surface area (Å²) < 4.78 is 0. The largest absolute Gasteiger partial charge is 0.329 e. The van der Waals surface area contributed by atoms with E-state index >= 15 is 0 Å². The normalized spacial score (nSPS) is 17.0. The summed E-state index contributed by atoms with van der Waals surface area (Å²) in [4.78, 5) is 2.57. The van der Waals surface area contributed by atoms with Gasteiger partial charge in [-0.3, -0.25) is 4.90 Å². The maximum absolute atomic E-state index is 6.10. The van der Waals surface area contributed by atoms with Crippen molar-refractivity contribution in [3.63, 3.8) is 0 Å². The van der Waals surface area contributed by atoms with Gasteiger partial charge in [-0.2, -0.15) is 0 Å². The third-order valence-electron chi connectivity index (χ3n) is 4.19. The molecule has 0 aliphatic heterocycles. The monoisotopic (exact) mass is 254 g/mol. The summed E-state index contributed by atoms with van der Waals surface area (Å²) >= 11 is 0. The van der Waals surface area contributed by atoms with Crippen molar-refractivity contribution in [1.82, 2.24) is 4.90 Å². The van der Waals surface area contributed by atoms with Gasteiger partial charge in [0.2, 0.25) is 0 Å². The number of fused-ring (bicyclic) bond motifs is 1.